The van der Waals surface area contributed by atoms with E-state index in [9.17, 15) is 13.2 Å². The zero-order chi connectivity index (χ0) is 10.9. The third-order valence-corrected chi connectivity index (χ3v) is 2.84. The van der Waals surface area contributed by atoms with Gasteiger partial charge in [-0.2, -0.15) is 13.2 Å². The number of fused-ring (bicyclic) bond motifs is 1. The molecule has 0 radical (unpaired) electrons. The second kappa shape index (κ2) is 3.70. The van der Waals surface area contributed by atoms with Gasteiger partial charge in [-0.15, -0.1) is 11.3 Å². The van der Waals surface area contributed by atoms with Crippen LogP contribution >= 0.6 is 11.3 Å². The van der Waals surface area contributed by atoms with Crippen LogP contribution in [0, 0.1) is 0 Å². The molecule has 0 bridgehead atoms. The lowest BCUT2D eigenvalue weighted by atomic mass is 10.1. The van der Waals surface area contributed by atoms with Crippen molar-refractivity contribution >= 4 is 27.5 Å². The summed E-state index contributed by atoms with van der Waals surface area (Å²) >= 11 is 1.57. The fourth-order valence-electron chi connectivity index (χ4n) is 1.28. The molecule has 1 heterocycles. The van der Waals surface area contributed by atoms with Crippen LogP contribution in [-0.2, 0) is 0 Å². The van der Waals surface area contributed by atoms with Crippen LogP contribution in [0.25, 0.3) is 16.2 Å². The Morgan fingerprint density at radius 1 is 1.13 bits per heavy atom. The maximum absolute atomic E-state index is 11.9. The number of thiophene rings is 1. The Hall–Kier alpha value is -1.29. The van der Waals surface area contributed by atoms with Crippen LogP contribution in [0.1, 0.15) is 5.56 Å². The first kappa shape index (κ1) is 10.2. The molecule has 0 amide bonds. The van der Waals surface area contributed by atoms with E-state index in [4.69, 9.17) is 0 Å². The van der Waals surface area contributed by atoms with Crippen LogP contribution in [0.4, 0.5) is 13.2 Å². The normalized spacial score (nSPS) is 12.7. The van der Waals surface area contributed by atoms with Crippen molar-refractivity contribution in [3.05, 3.63) is 41.3 Å². The zero-order valence-electron chi connectivity index (χ0n) is 7.58. The second-order valence-electron chi connectivity index (χ2n) is 3.09. The van der Waals surface area contributed by atoms with Crippen molar-refractivity contribution in [2.24, 2.45) is 0 Å². The van der Waals surface area contributed by atoms with Gasteiger partial charge in [-0.25, -0.2) is 0 Å². The number of hydrogen-bond donors (Lipinski definition) is 0. The molecule has 0 aliphatic heterocycles. The topological polar surface area (TPSA) is 0 Å². The molecule has 0 saturated heterocycles. The summed E-state index contributed by atoms with van der Waals surface area (Å²) in [6.45, 7) is 0. The Labute approximate surface area is 88.7 Å². The molecular formula is C11H7F3S. The highest BCUT2D eigenvalue weighted by Crippen LogP contribution is 2.23. The van der Waals surface area contributed by atoms with E-state index >= 15 is 0 Å². The van der Waals surface area contributed by atoms with Crippen molar-refractivity contribution in [3.8, 4) is 0 Å². The predicted molar refractivity (Wildman–Crippen MR) is 56.9 cm³/mol. The lowest BCUT2D eigenvalue weighted by molar-refractivity contribution is -0.0790. The molecule has 0 aliphatic carbocycles. The average Bonchev–Trinajstić information content (AvgIpc) is 2.60. The summed E-state index contributed by atoms with van der Waals surface area (Å²) in [5, 5.41) is 2.89. The lowest BCUT2D eigenvalue weighted by Gasteiger charge is -1.98. The summed E-state index contributed by atoms with van der Waals surface area (Å²) < 4.78 is 36.8. The number of benzene rings is 1. The predicted octanol–water partition coefficient (Wildman–Crippen LogP) is 4.48. The van der Waals surface area contributed by atoms with Crippen molar-refractivity contribution in [3.63, 3.8) is 0 Å². The summed E-state index contributed by atoms with van der Waals surface area (Å²) in [7, 11) is 0. The average molecular weight is 228 g/mol. The van der Waals surface area contributed by atoms with Gasteiger partial charge in [0.15, 0.2) is 0 Å². The highest BCUT2D eigenvalue weighted by atomic mass is 32.1. The Morgan fingerprint density at radius 2 is 1.93 bits per heavy atom. The summed E-state index contributed by atoms with van der Waals surface area (Å²) in [5.74, 6) is 0. The summed E-state index contributed by atoms with van der Waals surface area (Å²) in [6.07, 6.45) is -2.92. The Bertz CT molecular complexity index is 494. The van der Waals surface area contributed by atoms with Gasteiger partial charge in [0.05, 0.1) is 0 Å². The van der Waals surface area contributed by atoms with Gasteiger partial charge in [0, 0.05) is 10.8 Å². The number of halogens is 3. The minimum atomic E-state index is -4.25. The first-order valence-corrected chi connectivity index (χ1v) is 5.16. The van der Waals surface area contributed by atoms with E-state index in [-0.39, 0.29) is 6.08 Å². The summed E-state index contributed by atoms with van der Waals surface area (Å²) in [5.41, 5.74) is 0.568. The monoisotopic (exact) mass is 228 g/mol. The quantitative estimate of drug-likeness (QED) is 0.675. The SMILES string of the molecule is FC(F)(F)/C=C/c1ccc2sccc2c1. The van der Waals surface area contributed by atoms with Gasteiger partial charge in [0.2, 0.25) is 0 Å². The van der Waals surface area contributed by atoms with Gasteiger partial charge in [0.1, 0.15) is 0 Å². The van der Waals surface area contributed by atoms with Crippen LogP contribution in [0.15, 0.2) is 35.7 Å². The largest absolute Gasteiger partial charge is 0.409 e. The molecule has 0 aliphatic rings. The fourth-order valence-corrected chi connectivity index (χ4v) is 2.05. The molecule has 0 fully saturated rings. The zero-order valence-corrected chi connectivity index (χ0v) is 8.40. The molecule has 2 aromatic rings. The van der Waals surface area contributed by atoms with E-state index in [0.717, 1.165) is 16.2 Å². The highest BCUT2D eigenvalue weighted by molar-refractivity contribution is 7.17. The van der Waals surface area contributed by atoms with Gasteiger partial charge in [-0.05, 0) is 34.5 Å². The molecule has 2 rings (SSSR count). The van der Waals surface area contributed by atoms with Crippen molar-refractivity contribution in [2.75, 3.05) is 0 Å². The van der Waals surface area contributed by atoms with Gasteiger partial charge in [0.25, 0.3) is 0 Å². The third-order valence-electron chi connectivity index (χ3n) is 1.94. The molecule has 0 saturated carbocycles. The molecule has 1 aromatic carbocycles. The van der Waals surface area contributed by atoms with E-state index in [1.54, 1.807) is 23.5 Å². The third kappa shape index (κ3) is 2.59. The molecule has 78 valence electrons. The van der Waals surface area contributed by atoms with E-state index in [1.165, 1.54) is 0 Å². The Morgan fingerprint density at radius 3 is 2.67 bits per heavy atom. The number of allylic oxidation sites excluding steroid dienone is 1. The lowest BCUT2D eigenvalue weighted by Crippen LogP contribution is -1.99. The van der Waals surface area contributed by atoms with Gasteiger partial charge < -0.3 is 0 Å². The van der Waals surface area contributed by atoms with Gasteiger partial charge >= 0.3 is 6.18 Å². The second-order valence-corrected chi connectivity index (χ2v) is 4.04. The Kier molecular flexibility index (Phi) is 2.52. The molecule has 4 heteroatoms. The van der Waals surface area contributed by atoms with Crippen LogP contribution in [-0.4, -0.2) is 6.18 Å². The van der Waals surface area contributed by atoms with E-state index in [2.05, 4.69) is 0 Å². The van der Waals surface area contributed by atoms with Crippen molar-refractivity contribution < 1.29 is 13.2 Å². The molecule has 15 heavy (non-hydrogen) atoms. The minimum Gasteiger partial charge on any atom is -0.167 e. The fraction of sp³-hybridized carbons (Fsp3) is 0.0909. The maximum atomic E-state index is 11.9. The molecule has 0 atom stereocenters. The first-order valence-electron chi connectivity index (χ1n) is 4.28. The Balaban J connectivity index is 2.33. The van der Waals surface area contributed by atoms with Crippen LogP contribution in [0.5, 0.6) is 0 Å². The smallest absolute Gasteiger partial charge is 0.167 e. The minimum absolute atomic E-state index is 0.251. The molecular weight excluding hydrogens is 221 g/mol. The maximum Gasteiger partial charge on any atom is 0.409 e. The molecule has 0 nitrogen and oxygen atoms in total. The van der Waals surface area contributed by atoms with Crippen LogP contribution in [0.2, 0.25) is 0 Å². The van der Waals surface area contributed by atoms with Gasteiger partial charge in [-0.3, -0.25) is 0 Å². The van der Waals surface area contributed by atoms with Crippen molar-refractivity contribution in [1.29, 1.82) is 0 Å². The van der Waals surface area contributed by atoms with Crippen LogP contribution < -0.4 is 0 Å². The van der Waals surface area contributed by atoms with Gasteiger partial charge in [-0.1, -0.05) is 12.1 Å². The van der Waals surface area contributed by atoms with Crippen LogP contribution in [0.3, 0.4) is 0 Å². The van der Waals surface area contributed by atoms with E-state index in [0.29, 0.717) is 5.56 Å². The molecule has 0 unspecified atom stereocenters. The number of hydrogen-bond acceptors (Lipinski definition) is 1. The van der Waals surface area contributed by atoms with Crippen molar-refractivity contribution in [1.82, 2.24) is 0 Å². The molecule has 0 spiro atoms. The standard InChI is InChI=1S/C11H7F3S/c12-11(13,14)5-3-8-1-2-10-9(7-8)4-6-15-10/h1-7H/b5-3+. The van der Waals surface area contributed by atoms with E-state index in [1.807, 2.05) is 17.5 Å². The number of alkyl halides is 3. The first-order chi connectivity index (χ1) is 7.04. The molecule has 0 N–H and O–H groups in total. The molecule has 1 aromatic heterocycles. The highest BCUT2D eigenvalue weighted by Gasteiger charge is 2.21. The summed E-state index contributed by atoms with van der Waals surface area (Å²) in [6, 6.07) is 7.15. The number of rotatable bonds is 1. The summed E-state index contributed by atoms with van der Waals surface area (Å²) in [4.78, 5) is 0. The van der Waals surface area contributed by atoms with Crippen molar-refractivity contribution in [2.45, 2.75) is 6.18 Å². The van der Waals surface area contributed by atoms with E-state index < -0.39 is 6.18 Å².